The van der Waals surface area contributed by atoms with Gasteiger partial charge < -0.3 is 10.2 Å². The molecule has 0 radical (unpaired) electrons. The molecule has 0 spiro atoms. The first-order chi connectivity index (χ1) is 9.21. The summed E-state index contributed by atoms with van der Waals surface area (Å²) >= 11 is 0. The molecule has 1 atom stereocenters. The van der Waals surface area contributed by atoms with Crippen LogP contribution in [0.25, 0.3) is 0 Å². The van der Waals surface area contributed by atoms with Crippen LogP contribution in [0.15, 0.2) is 18.3 Å². The van der Waals surface area contributed by atoms with Crippen LogP contribution in [0.4, 0.5) is 5.82 Å². The predicted octanol–water partition coefficient (Wildman–Crippen LogP) is 2.88. The molecule has 0 amide bonds. The minimum atomic E-state index is 0.331. The topological polar surface area (TPSA) is 52.0 Å². The van der Waals surface area contributed by atoms with Crippen LogP contribution in [0.2, 0.25) is 0 Å². The Morgan fingerprint density at radius 1 is 1.42 bits per heavy atom. The van der Waals surface area contributed by atoms with Crippen LogP contribution in [-0.4, -0.2) is 35.6 Å². The van der Waals surface area contributed by atoms with E-state index in [1.54, 1.807) is 18.3 Å². The molecule has 4 heteroatoms. The van der Waals surface area contributed by atoms with Gasteiger partial charge in [0.25, 0.3) is 0 Å². The molecule has 0 bridgehead atoms. The van der Waals surface area contributed by atoms with E-state index in [4.69, 9.17) is 5.26 Å². The number of nitriles is 1. The number of rotatable bonds is 8. The van der Waals surface area contributed by atoms with E-state index in [-0.39, 0.29) is 0 Å². The summed E-state index contributed by atoms with van der Waals surface area (Å²) < 4.78 is 0. The summed E-state index contributed by atoms with van der Waals surface area (Å²) in [6.45, 7) is 9.87. The number of pyridine rings is 1. The molecule has 0 saturated heterocycles. The average molecular weight is 260 g/mol. The SMILES string of the molecule is CCN(CC)CCC[C@H](C)Nc1ncccc1C#N. The van der Waals surface area contributed by atoms with E-state index in [1.165, 1.54) is 0 Å². The monoisotopic (exact) mass is 260 g/mol. The second-order valence-corrected chi connectivity index (χ2v) is 4.73. The largest absolute Gasteiger partial charge is 0.367 e. The second kappa shape index (κ2) is 8.49. The van der Waals surface area contributed by atoms with Gasteiger partial charge in [-0.25, -0.2) is 4.98 Å². The van der Waals surface area contributed by atoms with Gasteiger partial charge in [0.1, 0.15) is 11.9 Å². The zero-order chi connectivity index (χ0) is 14.1. The van der Waals surface area contributed by atoms with E-state index in [9.17, 15) is 0 Å². The van der Waals surface area contributed by atoms with Gasteiger partial charge in [-0.15, -0.1) is 0 Å². The van der Waals surface area contributed by atoms with Crippen molar-refractivity contribution < 1.29 is 0 Å². The zero-order valence-corrected chi connectivity index (χ0v) is 12.2. The van der Waals surface area contributed by atoms with Gasteiger partial charge >= 0.3 is 0 Å². The van der Waals surface area contributed by atoms with Crippen molar-refractivity contribution in [1.29, 1.82) is 5.26 Å². The summed E-state index contributed by atoms with van der Waals surface area (Å²) in [4.78, 5) is 6.65. The smallest absolute Gasteiger partial charge is 0.144 e. The van der Waals surface area contributed by atoms with E-state index in [1.807, 2.05) is 0 Å². The first-order valence-corrected chi connectivity index (χ1v) is 7.05. The van der Waals surface area contributed by atoms with Crippen LogP contribution in [-0.2, 0) is 0 Å². The van der Waals surface area contributed by atoms with Crippen LogP contribution in [0.3, 0.4) is 0 Å². The molecule has 0 aliphatic rings. The Morgan fingerprint density at radius 2 is 2.16 bits per heavy atom. The Bertz CT molecular complexity index is 407. The van der Waals surface area contributed by atoms with Crippen LogP contribution >= 0.6 is 0 Å². The summed E-state index contributed by atoms with van der Waals surface area (Å²) in [5, 5.41) is 12.3. The molecular formula is C15H24N4. The van der Waals surface area contributed by atoms with E-state index in [0.29, 0.717) is 17.4 Å². The minimum Gasteiger partial charge on any atom is -0.367 e. The first kappa shape index (κ1) is 15.5. The number of hydrogen-bond acceptors (Lipinski definition) is 4. The maximum atomic E-state index is 9.01. The van der Waals surface area contributed by atoms with Gasteiger partial charge in [-0.05, 0) is 51.5 Å². The van der Waals surface area contributed by atoms with Crippen LogP contribution in [0, 0.1) is 11.3 Å². The molecule has 1 aromatic rings. The molecule has 1 rings (SSSR count). The van der Waals surface area contributed by atoms with E-state index < -0.39 is 0 Å². The van der Waals surface area contributed by atoms with Crippen LogP contribution in [0.5, 0.6) is 0 Å². The highest BCUT2D eigenvalue weighted by Crippen LogP contribution is 2.12. The summed E-state index contributed by atoms with van der Waals surface area (Å²) in [6.07, 6.45) is 3.95. The number of anilines is 1. The number of nitrogens with one attached hydrogen (secondary N) is 1. The highest BCUT2D eigenvalue weighted by Gasteiger charge is 2.07. The Kier molecular flexibility index (Phi) is 6.91. The number of nitrogens with zero attached hydrogens (tertiary/aromatic N) is 3. The summed E-state index contributed by atoms with van der Waals surface area (Å²) in [5.41, 5.74) is 0.609. The average Bonchev–Trinajstić information content (AvgIpc) is 2.44. The standard InChI is InChI=1S/C15H24N4/c1-4-19(5-2)11-7-8-13(3)18-15-14(12-16)9-6-10-17-15/h6,9-10,13H,4-5,7-8,11H2,1-3H3,(H,17,18)/t13-/m0/s1. The highest BCUT2D eigenvalue weighted by atomic mass is 15.1. The van der Waals surface area contributed by atoms with Crippen molar-refractivity contribution in [2.75, 3.05) is 25.0 Å². The molecule has 1 N–H and O–H groups in total. The van der Waals surface area contributed by atoms with Gasteiger partial charge in [-0.2, -0.15) is 5.26 Å². The first-order valence-electron chi connectivity index (χ1n) is 7.05. The lowest BCUT2D eigenvalue weighted by atomic mass is 10.1. The molecule has 0 fully saturated rings. The number of hydrogen-bond donors (Lipinski definition) is 1. The third-order valence-corrected chi connectivity index (χ3v) is 3.32. The van der Waals surface area contributed by atoms with Gasteiger partial charge in [0.05, 0.1) is 5.56 Å². The molecule has 0 unspecified atom stereocenters. The van der Waals surface area contributed by atoms with Crippen molar-refractivity contribution in [3.8, 4) is 6.07 Å². The molecule has 0 aliphatic carbocycles. The van der Waals surface area contributed by atoms with Gasteiger partial charge in [-0.3, -0.25) is 0 Å². The second-order valence-electron chi connectivity index (χ2n) is 4.73. The quantitative estimate of drug-likeness (QED) is 0.781. The number of aromatic nitrogens is 1. The Morgan fingerprint density at radius 3 is 2.79 bits per heavy atom. The lowest BCUT2D eigenvalue weighted by molar-refractivity contribution is 0.295. The molecular weight excluding hydrogens is 236 g/mol. The normalized spacial score (nSPS) is 12.2. The molecule has 0 saturated carbocycles. The molecule has 0 aromatic carbocycles. The van der Waals surface area contributed by atoms with Crippen molar-refractivity contribution in [2.24, 2.45) is 0 Å². The van der Waals surface area contributed by atoms with Crippen molar-refractivity contribution in [3.63, 3.8) is 0 Å². The fraction of sp³-hybridized carbons (Fsp3) is 0.600. The third kappa shape index (κ3) is 5.27. The highest BCUT2D eigenvalue weighted by molar-refractivity contribution is 5.51. The molecule has 4 nitrogen and oxygen atoms in total. The van der Waals surface area contributed by atoms with E-state index >= 15 is 0 Å². The van der Waals surface area contributed by atoms with Crippen molar-refractivity contribution >= 4 is 5.82 Å². The molecule has 0 aliphatic heterocycles. The zero-order valence-electron chi connectivity index (χ0n) is 12.2. The van der Waals surface area contributed by atoms with Crippen molar-refractivity contribution in [2.45, 2.75) is 39.7 Å². The van der Waals surface area contributed by atoms with Gasteiger partial charge in [0.2, 0.25) is 0 Å². The lowest BCUT2D eigenvalue weighted by Gasteiger charge is -2.20. The summed E-state index contributed by atoms with van der Waals surface area (Å²) in [6, 6.07) is 6.07. The Hall–Kier alpha value is -1.60. The molecule has 1 aromatic heterocycles. The maximum absolute atomic E-state index is 9.01. The molecule has 104 valence electrons. The molecule has 1 heterocycles. The van der Waals surface area contributed by atoms with Crippen molar-refractivity contribution in [3.05, 3.63) is 23.9 Å². The van der Waals surface area contributed by atoms with Gasteiger partial charge in [-0.1, -0.05) is 13.8 Å². The Balaban J connectivity index is 2.39. The molecule has 19 heavy (non-hydrogen) atoms. The summed E-state index contributed by atoms with van der Waals surface area (Å²) in [7, 11) is 0. The van der Waals surface area contributed by atoms with E-state index in [0.717, 1.165) is 32.5 Å². The fourth-order valence-corrected chi connectivity index (χ4v) is 2.08. The maximum Gasteiger partial charge on any atom is 0.144 e. The van der Waals surface area contributed by atoms with Gasteiger partial charge in [0, 0.05) is 12.2 Å². The van der Waals surface area contributed by atoms with Crippen LogP contribution < -0.4 is 5.32 Å². The predicted molar refractivity (Wildman–Crippen MR) is 79.1 cm³/mol. The van der Waals surface area contributed by atoms with E-state index in [2.05, 4.69) is 42.0 Å². The Labute approximate surface area is 116 Å². The third-order valence-electron chi connectivity index (χ3n) is 3.32. The van der Waals surface area contributed by atoms with Crippen LogP contribution in [0.1, 0.15) is 39.2 Å². The summed E-state index contributed by atoms with van der Waals surface area (Å²) in [5.74, 6) is 0.695. The fourth-order valence-electron chi connectivity index (χ4n) is 2.08. The lowest BCUT2D eigenvalue weighted by Crippen LogP contribution is -2.25. The van der Waals surface area contributed by atoms with Crippen molar-refractivity contribution in [1.82, 2.24) is 9.88 Å². The van der Waals surface area contributed by atoms with Gasteiger partial charge in [0.15, 0.2) is 0 Å². The minimum absolute atomic E-state index is 0.331.